The Balaban J connectivity index is 1.89. The molecule has 0 N–H and O–H groups in total. The van der Waals surface area contributed by atoms with E-state index in [4.69, 9.17) is 21.3 Å². The maximum absolute atomic E-state index is 13.8. The van der Waals surface area contributed by atoms with Crippen LogP contribution in [0.2, 0.25) is 5.02 Å². The van der Waals surface area contributed by atoms with Crippen molar-refractivity contribution in [2.24, 2.45) is 4.99 Å². The first-order chi connectivity index (χ1) is 10.2. The summed E-state index contributed by atoms with van der Waals surface area (Å²) in [6, 6.07) is 12.7. The minimum Gasteiger partial charge on any atom is -0.494 e. The smallest absolute Gasteiger partial charge is 0.165 e. The first-order valence-corrected chi connectivity index (χ1v) is 7.22. The van der Waals surface area contributed by atoms with Gasteiger partial charge in [-0.3, -0.25) is 4.99 Å². The van der Waals surface area contributed by atoms with Gasteiger partial charge in [-0.15, -0.1) is 0 Å². The van der Waals surface area contributed by atoms with Crippen LogP contribution in [0.5, 0.6) is 5.75 Å². The Morgan fingerprint density at radius 3 is 2.76 bits per heavy atom. The Bertz CT molecular complexity index is 699. The van der Waals surface area contributed by atoms with Crippen LogP contribution in [0.1, 0.15) is 30.0 Å². The number of halogens is 2. The van der Waals surface area contributed by atoms with E-state index in [2.05, 4.69) is 0 Å². The van der Waals surface area contributed by atoms with Crippen LogP contribution in [0, 0.1) is 5.82 Å². The predicted octanol–water partition coefficient (Wildman–Crippen LogP) is 4.81. The summed E-state index contributed by atoms with van der Waals surface area (Å²) in [5, 5.41) is 0.706. The quantitative estimate of drug-likeness (QED) is 0.797. The molecule has 1 atom stereocenters. The van der Waals surface area contributed by atoms with Gasteiger partial charge in [0.2, 0.25) is 0 Å². The maximum Gasteiger partial charge on any atom is 0.165 e. The van der Waals surface area contributed by atoms with Gasteiger partial charge < -0.3 is 4.74 Å². The Morgan fingerprint density at radius 2 is 2.05 bits per heavy atom. The van der Waals surface area contributed by atoms with Gasteiger partial charge in [-0.1, -0.05) is 35.9 Å². The highest BCUT2D eigenvalue weighted by atomic mass is 35.5. The Morgan fingerprint density at radius 1 is 1.24 bits per heavy atom. The number of rotatable bonds is 3. The molecular weight excluding hydrogens is 289 g/mol. The lowest BCUT2D eigenvalue weighted by Crippen LogP contribution is -1.96. The lowest BCUT2D eigenvalue weighted by atomic mass is 10.0. The van der Waals surface area contributed by atoms with Crippen molar-refractivity contribution in [3.05, 3.63) is 64.4 Å². The maximum atomic E-state index is 13.8. The Labute approximate surface area is 128 Å². The Hall–Kier alpha value is -1.87. The first-order valence-electron chi connectivity index (χ1n) is 6.84. The lowest BCUT2D eigenvalue weighted by molar-refractivity contribution is 0.386. The minimum atomic E-state index is -0.351. The van der Waals surface area contributed by atoms with Crippen molar-refractivity contribution < 1.29 is 9.13 Å². The third kappa shape index (κ3) is 2.79. The van der Waals surface area contributed by atoms with Crippen molar-refractivity contribution in [1.29, 1.82) is 0 Å². The molecule has 4 heteroatoms. The lowest BCUT2D eigenvalue weighted by Gasteiger charge is -2.09. The van der Waals surface area contributed by atoms with Crippen LogP contribution in [0.3, 0.4) is 0 Å². The molecule has 2 aromatic rings. The molecule has 0 fully saturated rings. The van der Waals surface area contributed by atoms with Crippen molar-refractivity contribution in [3.8, 4) is 5.75 Å². The van der Waals surface area contributed by atoms with E-state index in [-0.39, 0.29) is 17.6 Å². The number of benzene rings is 2. The third-order valence-electron chi connectivity index (χ3n) is 3.71. The average molecular weight is 304 g/mol. The van der Waals surface area contributed by atoms with E-state index in [1.54, 1.807) is 6.07 Å². The van der Waals surface area contributed by atoms with Gasteiger partial charge in [0.15, 0.2) is 11.6 Å². The van der Waals surface area contributed by atoms with Gasteiger partial charge in [-0.05, 0) is 36.6 Å². The molecule has 108 valence electrons. The number of nitrogens with zero attached hydrogens (tertiary/aromatic N) is 1. The van der Waals surface area contributed by atoms with Crippen molar-refractivity contribution in [2.45, 2.75) is 18.9 Å². The number of ether oxygens (including phenoxy) is 1. The van der Waals surface area contributed by atoms with E-state index in [0.717, 1.165) is 29.7 Å². The molecule has 0 aromatic heterocycles. The zero-order chi connectivity index (χ0) is 14.8. The molecule has 2 aromatic carbocycles. The predicted molar refractivity (Wildman–Crippen MR) is 82.9 cm³/mol. The van der Waals surface area contributed by atoms with Gasteiger partial charge in [-0.25, -0.2) is 4.39 Å². The molecule has 1 heterocycles. The second kappa shape index (κ2) is 5.86. The van der Waals surface area contributed by atoms with Gasteiger partial charge in [0.05, 0.1) is 13.2 Å². The van der Waals surface area contributed by atoms with E-state index in [1.165, 1.54) is 13.2 Å². The van der Waals surface area contributed by atoms with Gasteiger partial charge in [-0.2, -0.15) is 0 Å². The van der Waals surface area contributed by atoms with E-state index in [0.29, 0.717) is 5.02 Å². The molecule has 0 spiro atoms. The summed E-state index contributed by atoms with van der Waals surface area (Å²) in [4.78, 5) is 4.71. The summed E-state index contributed by atoms with van der Waals surface area (Å²) in [5.41, 5.74) is 2.83. The average Bonchev–Trinajstić information content (AvgIpc) is 2.97. The van der Waals surface area contributed by atoms with E-state index in [1.807, 2.05) is 30.3 Å². The van der Waals surface area contributed by atoms with Crippen LogP contribution >= 0.6 is 11.6 Å². The molecule has 0 amide bonds. The fourth-order valence-electron chi connectivity index (χ4n) is 2.62. The summed E-state index contributed by atoms with van der Waals surface area (Å²) in [7, 11) is 1.46. The second-order valence-corrected chi connectivity index (χ2v) is 5.41. The summed E-state index contributed by atoms with van der Waals surface area (Å²) in [6.45, 7) is 0. The minimum absolute atomic E-state index is 0.0170. The van der Waals surface area contributed by atoms with Crippen LogP contribution in [0.15, 0.2) is 47.5 Å². The van der Waals surface area contributed by atoms with Crippen molar-refractivity contribution >= 4 is 17.3 Å². The molecule has 21 heavy (non-hydrogen) atoms. The van der Waals surface area contributed by atoms with Gasteiger partial charge >= 0.3 is 0 Å². The second-order valence-electron chi connectivity index (χ2n) is 5.00. The molecule has 3 rings (SSSR count). The van der Waals surface area contributed by atoms with Crippen LogP contribution < -0.4 is 4.74 Å². The van der Waals surface area contributed by atoms with E-state index < -0.39 is 0 Å². The van der Waals surface area contributed by atoms with E-state index in [9.17, 15) is 4.39 Å². The fourth-order valence-corrected chi connectivity index (χ4v) is 2.87. The van der Waals surface area contributed by atoms with Gasteiger partial charge in [0.1, 0.15) is 0 Å². The topological polar surface area (TPSA) is 21.6 Å². The van der Waals surface area contributed by atoms with Gasteiger partial charge in [0, 0.05) is 16.3 Å². The molecule has 0 aliphatic carbocycles. The molecule has 0 bridgehead atoms. The normalized spacial score (nSPS) is 17.7. The highest BCUT2D eigenvalue weighted by molar-refractivity contribution is 6.34. The number of hydrogen-bond acceptors (Lipinski definition) is 2. The van der Waals surface area contributed by atoms with Crippen molar-refractivity contribution in [3.63, 3.8) is 0 Å². The molecule has 1 unspecified atom stereocenters. The largest absolute Gasteiger partial charge is 0.494 e. The van der Waals surface area contributed by atoms with Crippen LogP contribution in [0.25, 0.3) is 0 Å². The summed E-state index contributed by atoms with van der Waals surface area (Å²) in [6.07, 6.45) is 1.72. The zero-order valence-corrected chi connectivity index (χ0v) is 12.4. The third-order valence-corrected chi connectivity index (χ3v) is 4.04. The zero-order valence-electron chi connectivity index (χ0n) is 11.6. The highest BCUT2D eigenvalue weighted by Gasteiger charge is 2.22. The molecule has 1 aliphatic rings. The van der Waals surface area contributed by atoms with Crippen molar-refractivity contribution in [1.82, 2.24) is 0 Å². The monoisotopic (exact) mass is 303 g/mol. The molecule has 0 radical (unpaired) electrons. The molecular formula is C17H15ClFNO. The number of hydrogen-bond donors (Lipinski definition) is 0. The molecule has 0 saturated carbocycles. The molecule has 1 aliphatic heterocycles. The van der Waals surface area contributed by atoms with Crippen LogP contribution in [-0.2, 0) is 0 Å². The first kappa shape index (κ1) is 14.1. The summed E-state index contributed by atoms with van der Waals surface area (Å²) < 4.78 is 18.7. The van der Waals surface area contributed by atoms with E-state index >= 15 is 0 Å². The number of aliphatic imine (C=N–C) groups is 1. The van der Waals surface area contributed by atoms with Crippen molar-refractivity contribution in [2.75, 3.05) is 7.11 Å². The number of methoxy groups -OCH3 is 1. The molecule has 0 saturated heterocycles. The fraction of sp³-hybridized carbons (Fsp3) is 0.235. The summed E-state index contributed by atoms with van der Waals surface area (Å²) in [5.74, 6) is -0.0940. The SMILES string of the molecule is COc1ccc(C2CCC(c3ccccc3Cl)=N2)cc1F. The van der Waals surface area contributed by atoms with Crippen LogP contribution in [0.4, 0.5) is 4.39 Å². The van der Waals surface area contributed by atoms with Gasteiger partial charge in [0.25, 0.3) is 0 Å². The standard InChI is InChI=1S/C17H15ClFNO/c1-21-17-9-6-11(10-14(17)19)15-7-8-16(20-15)12-4-2-3-5-13(12)18/h2-6,9-10,15H,7-8H2,1H3. The highest BCUT2D eigenvalue weighted by Crippen LogP contribution is 2.34. The summed E-state index contributed by atoms with van der Waals surface area (Å²) >= 11 is 6.21. The Kier molecular flexibility index (Phi) is 3.93. The van der Waals surface area contributed by atoms with Crippen LogP contribution in [-0.4, -0.2) is 12.8 Å². The molecule has 2 nitrogen and oxygen atoms in total.